The van der Waals surface area contributed by atoms with Crippen molar-refractivity contribution in [3.05, 3.63) is 48.7 Å². The maximum Gasteiger partial charge on any atom is 0.134 e. The van der Waals surface area contributed by atoms with E-state index < -0.39 is 0 Å². The maximum atomic E-state index is 5.83. The molecule has 1 aromatic heterocycles. The Labute approximate surface area is 113 Å². The molecule has 0 unspecified atom stereocenters. The number of furan rings is 1. The molecule has 0 bridgehead atoms. The number of hydrogen-bond donors (Lipinski definition) is 0. The number of benzene rings is 2. The second-order valence-electron chi connectivity index (χ2n) is 4.36. The molecule has 0 aliphatic rings. The molecule has 2 nitrogen and oxygen atoms in total. The van der Waals surface area contributed by atoms with Gasteiger partial charge in [-0.05, 0) is 30.7 Å². The van der Waals surface area contributed by atoms with E-state index in [-0.39, 0.29) is 0 Å². The van der Waals surface area contributed by atoms with Crippen LogP contribution in [0, 0.1) is 0 Å². The third-order valence-corrected chi connectivity index (χ3v) is 3.07. The van der Waals surface area contributed by atoms with Crippen molar-refractivity contribution in [3.63, 3.8) is 0 Å². The molecule has 0 N–H and O–H groups in total. The highest BCUT2D eigenvalue weighted by molar-refractivity contribution is 6.33. The Morgan fingerprint density at radius 3 is 2.63 bits per heavy atom. The lowest BCUT2D eigenvalue weighted by atomic mass is 9.93. The van der Waals surface area contributed by atoms with E-state index in [1.54, 1.807) is 6.26 Å². The molecule has 92 valence electrons. The molecule has 2 aromatic carbocycles. The Morgan fingerprint density at radius 1 is 1.11 bits per heavy atom. The summed E-state index contributed by atoms with van der Waals surface area (Å²) >= 11 is 0. The summed E-state index contributed by atoms with van der Waals surface area (Å²) in [6.07, 6.45) is 1.76. The molecule has 0 aliphatic carbocycles. The van der Waals surface area contributed by atoms with Crippen LogP contribution in [0.2, 0.25) is 0 Å². The van der Waals surface area contributed by atoms with Crippen LogP contribution in [0.3, 0.4) is 0 Å². The van der Waals surface area contributed by atoms with Gasteiger partial charge in [-0.15, -0.1) is 0 Å². The Hall–Kier alpha value is -2.16. The summed E-state index contributed by atoms with van der Waals surface area (Å²) < 4.78 is 11.0. The minimum atomic E-state index is 0.671. The maximum absolute atomic E-state index is 5.83. The van der Waals surface area contributed by atoms with Gasteiger partial charge in [0, 0.05) is 10.9 Å². The van der Waals surface area contributed by atoms with E-state index in [1.165, 1.54) is 0 Å². The van der Waals surface area contributed by atoms with Gasteiger partial charge in [0.05, 0.1) is 12.9 Å². The highest BCUT2D eigenvalue weighted by Crippen LogP contribution is 2.30. The lowest BCUT2D eigenvalue weighted by Gasteiger charge is -2.04. The summed E-state index contributed by atoms with van der Waals surface area (Å²) in [5.41, 5.74) is 3.72. The molecule has 0 atom stereocenters. The van der Waals surface area contributed by atoms with Crippen LogP contribution in [0.5, 0.6) is 5.75 Å². The second-order valence-corrected chi connectivity index (χ2v) is 4.36. The normalized spacial score (nSPS) is 10.8. The van der Waals surface area contributed by atoms with E-state index in [9.17, 15) is 0 Å². The minimum absolute atomic E-state index is 0.671. The average molecular weight is 248 g/mol. The van der Waals surface area contributed by atoms with Crippen molar-refractivity contribution in [3.8, 4) is 16.9 Å². The van der Waals surface area contributed by atoms with Crippen LogP contribution in [-0.2, 0) is 0 Å². The van der Waals surface area contributed by atoms with Crippen LogP contribution >= 0.6 is 0 Å². The van der Waals surface area contributed by atoms with Crippen molar-refractivity contribution in [2.75, 3.05) is 6.61 Å². The van der Waals surface area contributed by atoms with Gasteiger partial charge in [0.1, 0.15) is 19.2 Å². The van der Waals surface area contributed by atoms with Crippen molar-refractivity contribution in [2.24, 2.45) is 0 Å². The van der Waals surface area contributed by atoms with Gasteiger partial charge in [0.25, 0.3) is 0 Å². The Bertz CT molecular complexity index is 698. The van der Waals surface area contributed by atoms with Gasteiger partial charge < -0.3 is 9.15 Å². The van der Waals surface area contributed by atoms with Crippen LogP contribution in [-0.4, -0.2) is 14.5 Å². The highest BCUT2D eigenvalue weighted by Gasteiger charge is 2.08. The fraction of sp³-hybridized carbons (Fsp3) is 0.125. The van der Waals surface area contributed by atoms with Gasteiger partial charge in [-0.25, -0.2) is 0 Å². The second kappa shape index (κ2) is 4.85. The van der Waals surface area contributed by atoms with Crippen LogP contribution in [0.25, 0.3) is 22.1 Å². The third kappa shape index (κ3) is 2.24. The van der Waals surface area contributed by atoms with Crippen molar-refractivity contribution >= 4 is 24.3 Å². The molecule has 1 heterocycles. The summed E-state index contributed by atoms with van der Waals surface area (Å²) in [6.45, 7) is 2.64. The van der Waals surface area contributed by atoms with Crippen LogP contribution < -0.4 is 10.2 Å². The molecule has 2 radical (unpaired) electrons. The molecular weight excluding hydrogens is 235 g/mol. The van der Waals surface area contributed by atoms with E-state index in [1.807, 2.05) is 49.4 Å². The van der Waals surface area contributed by atoms with Gasteiger partial charge in [0.2, 0.25) is 0 Å². The van der Waals surface area contributed by atoms with Crippen LogP contribution in [0.1, 0.15) is 6.92 Å². The molecule has 3 heteroatoms. The van der Waals surface area contributed by atoms with E-state index in [4.69, 9.17) is 17.0 Å². The number of hydrogen-bond acceptors (Lipinski definition) is 2. The number of ether oxygens (including phenoxy) is 1. The van der Waals surface area contributed by atoms with Gasteiger partial charge in [-0.3, -0.25) is 0 Å². The lowest BCUT2D eigenvalue weighted by molar-refractivity contribution is 0.340. The fourth-order valence-electron chi connectivity index (χ4n) is 2.17. The standard InChI is InChI=1S/C16H13BO2/c1-2-18-13-6-3-11(4-7-13)15-10-19-16-8-5-12(17)9-14(15)16/h3-10H,2H2,1H3. The molecule has 0 saturated carbocycles. The Balaban J connectivity index is 2.06. The van der Waals surface area contributed by atoms with Crippen molar-refractivity contribution < 1.29 is 9.15 Å². The smallest absolute Gasteiger partial charge is 0.134 e. The molecule has 0 amide bonds. The van der Waals surface area contributed by atoms with Gasteiger partial charge in [-0.2, -0.15) is 0 Å². The van der Waals surface area contributed by atoms with Gasteiger partial charge in [-0.1, -0.05) is 29.7 Å². The van der Waals surface area contributed by atoms with Crippen molar-refractivity contribution in [1.29, 1.82) is 0 Å². The monoisotopic (exact) mass is 248 g/mol. The van der Waals surface area contributed by atoms with E-state index in [0.717, 1.165) is 33.3 Å². The highest BCUT2D eigenvalue weighted by atomic mass is 16.5. The summed E-state index contributed by atoms with van der Waals surface area (Å²) in [5, 5.41) is 1.03. The first-order chi connectivity index (χ1) is 9.28. The van der Waals surface area contributed by atoms with Crippen molar-refractivity contribution in [1.82, 2.24) is 0 Å². The van der Waals surface area contributed by atoms with Crippen molar-refractivity contribution in [2.45, 2.75) is 6.92 Å². The molecule has 3 aromatic rings. The zero-order valence-electron chi connectivity index (χ0n) is 10.7. The molecular formula is C16H13BO2. The first-order valence-corrected chi connectivity index (χ1v) is 6.28. The SMILES string of the molecule is [B]c1ccc2occ(-c3ccc(OCC)cc3)c2c1. The Morgan fingerprint density at radius 2 is 1.89 bits per heavy atom. The predicted octanol–water partition coefficient (Wildman–Crippen LogP) is 3.29. The third-order valence-electron chi connectivity index (χ3n) is 3.07. The molecule has 0 spiro atoms. The summed E-state index contributed by atoms with van der Waals surface area (Å²) in [6, 6.07) is 13.6. The largest absolute Gasteiger partial charge is 0.494 e. The average Bonchev–Trinajstić information content (AvgIpc) is 2.83. The molecule has 3 rings (SSSR count). The first kappa shape index (κ1) is 11.9. The minimum Gasteiger partial charge on any atom is -0.494 e. The lowest BCUT2D eigenvalue weighted by Crippen LogP contribution is -1.99. The van der Waals surface area contributed by atoms with Crippen LogP contribution in [0.15, 0.2) is 53.1 Å². The molecule has 19 heavy (non-hydrogen) atoms. The topological polar surface area (TPSA) is 22.4 Å². The quantitative estimate of drug-likeness (QED) is 0.663. The van der Waals surface area contributed by atoms with E-state index in [2.05, 4.69) is 0 Å². The molecule has 0 fully saturated rings. The zero-order chi connectivity index (χ0) is 13.2. The number of rotatable bonds is 3. The van der Waals surface area contributed by atoms with Crippen LogP contribution in [0.4, 0.5) is 0 Å². The van der Waals surface area contributed by atoms with Gasteiger partial charge in [0.15, 0.2) is 0 Å². The Kier molecular flexibility index (Phi) is 3.04. The van der Waals surface area contributed by atoms with E-state index in [0.29, 0.717) is 6.61 Å². The predicted molar refractivity (Wildman–Crippen MR) is 78.2 cm³/mol. The van der Waals surface area contributed by atoms with Gasteiger partial charge >= 0.3 is 0 Å². The summed E-state index contributed by atoms with van der Waals surface area (Å²) in [4.78, 5) is 0. The number of fused-ring (bicyclic) bond motifs is 1. The molecule has 0 aliphatic heterocycles. The summed E-state index contributed by atoms with van der Waals surface area (Å²) in [7, 11) is 5.83. The summed E-state index contributed by atoms with van der Waals surface area (Å²) in [5.74, 6) is 0.874. The molecule has 0 saturated heterocycles. The first-order valence-electron chi connectivity index (χ1n) is 6.28. The zero-order valence-corrected chi connectivity index (χ0v) is 10.7. The van der Waals surface area contributed by atoms with E-state index >= 15 is 0 Å². The fourth-order valence-corrected chi connectivity index (χ4v) is 2.17.